The first-order chi connectivity index (χ1) is 12.7. The number of nitro benzene ring substituents is 1. The van der Waals surface area contributed by atoms with E-state index >= 15 is 0 Å². The van der Waals surface area contributed by atoms with Gasteiger partial charge in [-0.1, -0.05) is 33.6 Å². The first kappa shape index (κ1) is 21.2. The molecule has 2 atom stereocenters. The second kappa shape index (κ2) is 9.17. The van der Waals surface area contributed by atoms with E-state index in [1.165, 1.54) is 12.5 Å². The summed E-state index contributed by atoms with van der Waals surface area (Å²) in [5.41, 5.74) is 0.713. The molecule has 2 N–H and O–H groups in total. The molecule has 1 amide bonds. The van der Waals surface area contributed by atoms with Crippen LogP contribution in [0.1, 0.15) is 56.8 Å². The van der Waals surface area contributed by atoms with Crippen LogP contribution in [0, 0.1) is 21.4 Å². The van der Waals surface area contributed by atoms with Crippen LogP contribution in [0.3, 0.4) is 0 Å². The standard InChI is InChI=1S/C20H31N3O4/c1-20(2,3)15-7-5-6-8-16(15)22-19(24)14-9-10-17(21-11-12-27-4)18(13-14)23(25)26/h9-10,13,15-16,21H,5-8,11-12H2,1-4H3,(H,22,24). The lowest BCUT2D eigenvalue weighted by Crippen LogP contribution is -2.46. The van der Waals surface area contributed by atoms with Crippen LogP contribution < -0.4 is 10.6 Å². The molecule has 2 unspecified atom stereocenters. The highest BCUT2D eigenvalue weighted by Crippen LogP contribution is 2.38. The average Bonchev–Trinajstić information content (AvgIpc) is 2.61. The smallest absolute Gasteiger partial charge is 0.293 e. The molecule has 1 aromatic carbocycles. The number of nitro groups is 1. The molecule has 7 nitrogen and oxygen atoms in total. The summed E-state index contributed by atoms with van der Waals surface area (Å²) in [6.07, 6.45) is 4.32. The van der Waals surface area contributed by atoms with Gasteiger partial charge in [0.25, 0.3) is 11.6 Å². The Labute approximate surface area is 161 Å². The summed E-state index contributed by atoms with van der Waals surface area (Å²) in [4.78, 5) is 23.7. The second-order valence-corrected chi connectivity index (χ2v) is 8.25. The number of benzene rings is 1. The maximum Gasteiger partial charge on any atom is 0.293 e. The minimum absolute atomic E-state index is 0.102. The lowest BCUT2D eigenvalue weighted by atomic mass is 9.69. The third-order valence-corrected chi connectivity index (χ3v) is 5.27. The van der Waals surface area contributed by atoms with E-state index in [2.05, 4.69) is 31.4 Å². The van der Waals surface area contributed by atoms with Gasteiger partial charge >= 0.3 is 0 Å². The lowest BCUT2D eigenvalue weighted by Gasteiger charge is -2.40. The number of carbonyl (C=O) groups excluding carboxylic acids is 1. The van der Waals surface area contributed by atoms with Crippen LogP contribution in [-0.2, 0) is 4.74 Å². The third kappa shape index (κ3) is 5.66. The normalized spacial score (nSPS) is 20.1. The van der Waals surface area contributed by atoms with E-state index in [9.17, 15) is 14.9 Å². The van der Waals surface area contributed by atoms with E-state index in [4.69, 9.17) is 4.74 Å². The van der Waals surface area contributed by atoms with Gasteiger partial charge in [-0.25, -0.2) is 0 Å². The van der Waals surface area contributed by atoms with Gasteiger partial charge in [-0.3, -0.25) is 14.9 Å². The van der Waals surface area contributed by atoms with E-state index in [0.29, 0.717) is 30.3 Å². The SMILES string of the molecule is COCCNc1ccc(C(=O)NC2CCCCC2C(C)(C)C)cc1[N+](=O)[O-]. The zero-order chi connectivity index (χ0) is 20.0. The minimum Gasteiger partial charge on any atom is -0.383 e. The van der Waals surface area contributed by atoms with Gasteiger partial charge in [0.1, 0.15) is 5.69 Å². The minimum atomic E-state index is -0.468. The fourth-order valence-electron chi connectivity index (χ4n) is 3.85. The molecule has 1 fully saturated rings. The van der Waals surface area contributed by atoms with E-state index < -0.39 is 4.92 Å². The van der Waals surface area contributed by atoms with Crippen molar-refractivity contribution in [3.8, 4) is 0 Å². The molecule has 1 aliphatic carbocycles. The van der Waals surface area contributed by atoms with Crippen molar-refractivity contribution in [2.75, 3.05) is 25.6 Å². The van der Waals surface area contributed by atoms with Crippen LogP contribution in [0.4, 0.5) is 11.4 Å². The molecular formula is C20H31N3O4. The van der Waals surface area contributed by atoms with E-state index in [-0.39, 0.29) is 23.1 Å². The Bertz CT molecular complexity index is 670. The first-order valence-corrected chi connectivity index (χ1v) is 9.56. The highest BCUT2D eigenvalue weighted by molar-refractivity contribution is 5.96. The molecule has 0 aliphatic heterocycles. The van der Waals surface area contributed by atoms with Gasteiger partial charge in [-0.05, 0) is 36.3 Å². The van der Waals surface area contributed by atoms with Gasteiger partial charge in [0, 0.05) is 31.3 Å². The van der Waals surface area contributed by atoms with E-state index in [0.717, 1.165) is 19.3 Å². The molecule has 0 aromatic heterocycles. The zero-order valence-electron chi connectivity index (χ0n) is 16.7. The molecule has 1 aromatic rings. The van der Waals surface area contributed by atoms with Crippen LogP contribution >= 0.6 is 0 Å². The molecule has 0 spiro atoms. The summed E-state index contributed by atoms with van der Waals surface area (Å²) < 4.78 is 4.95. The number of nitrogens with one attached hydrogen (secondary N) is 2. The number of amides is 1. The molecule has 150 valence electrons. The molecule has 0 radical (unpaired) electrons. The summed E-state index contributed by atoms with van der Waals surface area (Å²) in [5, 5.41) is 17.5. The summed E-state index contributed by atoms with van der Waals surface area (Å²) in [7, 11) is 1.57. The third-order valence-electron chi connectivity index (χ3n) is 5.27. The van der Waals surface area contributed by atoms with Crippen molar-refractivity contribution in [3.63, 3.8) is 0 Å². The number of methoxy groups -OCH3 is 1. The predicted molar refractivity (Wildman–Crippen MR) is 106 cm³/mol. The average molecular weight is 377 g/mol. The number of anilines is 1. The van der Waals surface area contributed by atoms with Gasteiger partial charge in [0.2, 0.25) is 0 Å². The van der Waals surface area contributed by atoms with E-state index in [1.54, 1.807) is 19.2 Å². The van der Waals surface area contributed by atoms with Crippen LogP contribution in [-0.4, -0.2) is 37.1 Å². The largest absolute Gasteiger partial charge is 0.383 e. The van der Waals surface area contributed by atoms with Crippen molar-refractivity contribution >= 4 is 17.3 Å². The summed E-state index contributed by atoms with van der Waals surface area (Å²) in [5.74, 6) is 0.155. The number of rotatable bonds is 7. The molecule has 7 heteroatoms. The fraction of sp³-hybridized carbons (Fsp3) is 0.650. The summed E-state index contributed by atoms with van der Waals surface area (Å²) in [6.45, 7) is 7.50. The van der Waals surface area contributed by atoms with E-state index in [1.807, 2.05) is 0 Å². The Hall–Kier alpha value is -2.15. The van der Waals surface area contributed by atoms with Crippen LogP contribution in [0.5, 0.6) is 0 Å². The Morgan fingerprint density at radius 2 is 2.00 bits per heavy atom. The second-order valence-electron chi connectivity index (χ2n) is 8.25. The Morgan fingerprint density at radius 1 is 1.30 bits per heavy atom. The van der Waals surface area contributed by atoms with Gasteiger partial charge in [-0.2, -0.15) is 0 Å². The van der Waals surface area contributed by atoms with Crippen molar-refractivity contribution in [1.29, 1.82) is 0 Å². The lowest BCUT2D eigenvalue weighted by molar-refractivity contribution is -0.384. The maximum atomic E-state index is 12.8. The number of hydrogen-bond acceptors (Lipinski definition) is 5. The molecule has 0 heterocycles. The van der Waals surface area contributed by atoms with Gasteiger partial charge < -0.3 is 15.4 Å². The van der Waals surface area contributed by atoms with Gasteiger partial charge in [0.05, 0.1) is 11.5 Å². The monoisotopic (exact) mass is 377 g/mol. The highest BCUT2D eigenvalue weighted by atomic mass is 16.6. The molecule has 1 saturated carbocycles. The highest BCUT2D eigenvalue weighted by Gasteiger charge is 2.35. The zero-order valence-corrected chi connectivity index (χ0v) is 16.7. The van der Waals surface area contributed by atoms with Crippen molar-refractivity contribution in [1.82, 2.24) is 5.32 Å². The molecule has 2 rings (SSSR count). The first-order valence-electron chi connectivity index (χ1n) is 9.56. The maximum absolute atomic E-state index is 12.8. The Balaban J connectivity index is 2.15. The topological polar surface area (TPSA) is 93.5 Å². The van der Waals surface area contributed by atoms with Crippen molar-refractivity contribution < 1.29 is 14.5 Å². The number of carbonyl (C=O) groups is 1. The Morgan fingerprint density at radius 3 is 2.63 bits per heavy atom. The Kier molecular flexibility index (Phi) is 7.18. The number of ether oxygens (including phenoxy) is 1. The van der Waals surface area contributed by atoms with Crippen LogP contribution in [0.15, 0.2) is 18.2 Å². The molecule has 0 saturated heterocycles. The molecular weight excluding hydrogens is 346 g/mol. The molecule has 1 aliphatic rings. The molecule has 0 bridgehead atoms. The van der Waals surface area contributed by atoms with Crippen LogP contribution in [0.25, 0.3) is 0 Å². The van der Waals surface area contributed by atoms with Crippen molar-refractivity contribution in [3.05, 3.63) is 33.9 Å². The van der Waals surface area contributed by atoms with Gasteiger partial charge in [-0.15, -0.1) is 0 Å². The van der Waals surface area contributed by atoms with Crippen LogP contribution in [0.2, 0.25) is 0 Å². The quantitative estimate of drug-likeness (QED) is 0.426. The summed E-state index contributed by atoms with van der Waals surface area (Å²) in [6, 6.07) is 4.67. The number of nitrogens with zero attached hydrogens (tertiary/aromatic N) is 1. The number of hydrogen-bond donors (Lipinski definition) is 2. The summed E-state index contributed by atoms with van der Waals surface area (Å²) >= 11 is 0. The van der Waals surface area contributed by atoms with Gasteiger partial charge in [0.15, 0.2) is 0 Å². The predicted octanol–water partition coefficient (Wildman–Crippen LogP) is 3.99. The van der Waals surface area contributed by atoms with Crippen molar-refractivity contribution in [2.45, 2.75) is 52.5 Å². The van der Waals surface area contributed by atoms with Crippen molar-refractivity contribution in [2.24, 2.45) is 11.3 Å². The fourth-order valence-corrected chi connectivity index (χ4v) is 3.85. The molecule has 27 heavy (non-hydrogen) atoms.